The van der Waals surface area contributed by atoms with Gasteiger partial charge in [0.2, 0.25) is 0 Å². The van der Waals surface area contributed by atoms with E-state index in [1.165, 1.54) is 0 Å². The van der Waals surface area contributed by atoms with E-state index in [1.54, 1.807) is 4.90 Å². The Kier molecular flexibility index (Phi) is 4.40. The van der Waals surface area contributed by atoms with Crippen molar-refractivity contribution in [3.05, 3.63) is 28.8 Å². The normalized spacial score (nSPS) is 14.2. The maximum atomic E-state index is 12.1. The Morgan fingerprint density at radius 3 is 2.53 bits per heavy atom. The fraction of sp³-hybridized carbons (Fsp3) is 0.467. The molecule has 0 aromatic heterocycles. The Morgan fingerprint density at radius 1 is 1.11 bits per heavy atom. The van der Waals surface area contributed by atoms with E-state index in [0.717, 1.165) is 41.4 Å². The topological polar surface area (TPSA) is 37.4 Å². The molecule has 0 aliphatic carbocycles. The third-order valence-electron chi connectivity index (χ3n) is 3.41. The number of halogens is 1. The minimum Gasteiger partial charge on any atom is -0.304 e. The zero-order valence-corrected chi connectivity index (χ0v) is 12.9. The van der Waals surface area contributed by atoms with E-state index in [-0.39, 0.29) is 11.7 Å². The molecule has 1 aliphatic rings. The number of rotatable bonds is 5. The Hall–Kier alpha value is -1.16. The molecule has 0 atom stereocenters. The second-order valence-electron chi connectivity index (χ2n) is 5.01. The van der Waals surface area contributed by atoms with Gasteiger partial charge in [0, 0.05) is 11.9 Å². The van der Waals surface area contributed by atoms with Crippen molar-refractivity contribution in [3.8, 4) is 0 Å². The summed E-state index contributed by atoms with van der Waals surface area (Å²) in [4.78, 5) is 25.7. The minimum absolute atomic E-state index is 0.359. The van der Waals surface area contributed by atoms with Crippen LogP contribution in [0.4, 0.5) is 5.69 Å². The van der Waals surface area contributed by atoms with Gasteiger partial charge in [0.15, 0.2) is 0 Å². The number of hydrogen-bond donors (Lipinski definition) is 0. The molecule has 0 unspecified atom stereocenters. The Morgan fingerprint density at radius 2 is 1.84 bits per heavy atom. The van der Waals surface area contributed by atoms with Crippen molar-refractivity contribution in [1.82, 2.24) is 0 Å². The number of fused-ring (bicyclic) bond motifs is 1. The summed E-state index contributed by atoms with van der Waals surface area (Å²) in [6, 6.07) is 3.84. The minimum atomic E-state index is -0.373. The number of hydrogen-bond acceptors (Lipinski definition) is 2. The number of aryl methyl sites for hydroxylation is 2. The van der Waals surface area contributed by atoms with Gasteiger partial charge in [-0.25, -0.2) is 0 Å². The number of carbonyl (C=O) groups is 2. The van der Waals surface area contributed by atoms with E-state index in [4.69, 9.17) is 0 Å². The van der Waals surface area contributed by atoms with Crippen molar-refractivity contribution in [3.63, 3.8) is 0 Å². The first-order chi connectivity index (χ1) is 9.06. The molecule has 19 heavy (non-hydrogen) atoms. The molecule has 3 nitrogen and oxygen atoms in total. The zero-order chi connectivity index (χ0) is 14.0. The molecular weight excluding hydrogens is 306 g/mol. The molecule has 1 amide bonds. The molecule has 0 saturated carbocycles. The van der Waals surface area contributed by atoms with Gasteiger partial charge in [-0.05, 0) is 43.9 Å². The maximum absolute atomic E-state index is 12.1. The summed E-state index contributed by atoms with van der Waals surface area (Å²) < 4.78 is 0. The van der Waals surface area contributed by atoms with E-state index in [1.807, 2.05) is 26.0 Å². The molecule has 102 valence electrons. The number of carbonyl (C=O) groups excluding carboxylic acids is 2. The molecule has 4 heteroatoms. The molecule has 0 fully saturated rings. The number of Topliss-reactive ketones (excluding diaryl/α,β-unsaturated/α-hetero) is 1. The van der Waals surface area contributed by atoms with Gasteiger partial charge >= 0.3 is 0 Å². The molecule has 0 saturated heterocycles. The molecule has 0 spiro atoms. The number of ketones is 1. The summed E-state index contributed by atoms with van der Waals surface area (Å²) >= 11 is 3.40. The van der Waals surface area contributed by atoms with E-state index in [9.17, 15) is 9.59 Å². The number of anilines is 1. The van der Waals surface area contributed by atoms with E-state index < -0.39 is 0 Å². The summed E-state index contributed by atoms with van der Waals surface area (Å²) in [5.41, 5.74) is 3.43. The molecule has 1 aliphatic heterocycles. The summed E-state index contributed by atoms with van der Waals surface area (Å²) in [5, 5.41) is 0.981. The number of alkyl halides is 1. The summed E-state index contributed by atoms with van der Waals surface area (Å²) in [7, 11) is 0. The van der Waals surface area contributed by atoms with Crippen LogP contribution >= 0.6 is 15.9 Å². The van der Waals surface area contributed by atoms with Gasteiger partial charge < -0.3 is 4.90 Å². The molecular formula is C15H18BrNO2. The average Bonchev–Trinajstić information content (AvgIpc) is 2.60. The molecule has 0 N–H and O–H groups in total. The number of benzene rings is 1. The van der Waals surface area contributed by atoms with Gasteiger partial charge in [0.05, 0.1) is 11.3 Å². The lowest BCUT2D eigenvalue weighted by molar-refractivity contribution is -0.114. The molecule has 1 heterocycles. The number of nitrogens with zero attached hydrogens (tertiary/aromatic N) is 1. The molecule has 1 aromatic rings. The third-order valence-corrected chi connectivity index (χ3v) is 3.97. The molecule has 2 rings (SSSR count). The lowest BCUT2D eigenvalue weighted by Crippen LogP contribution is -2.31. The van der Waals surface area contributed by atoms with Gasteiger partial charge in [-0.2, -0.15) is 0 Å². The second-order valence-corrected chi connectivity index (χ2v) is 5.81. The monoisotopic (exact) mass is 323 g/mol. The van der Waals surface area contributed by atoms with Crippen LogP contribution in [0.15, 0.2) is 12.1 Å². The molecule has 0 bridgehead atoms. The first-order valence-electron chi connectivity index (χ1n) is 6.59. The second kappa shape index (κ2) is 5.87. The highest BCUT2D eigenvalue weighted by molar-refractivity contribution is 9.09. The fourth-order valence-electron chi connectivity index (χ4n) is 2.59. The van der Waals surface area contributed by atoms with Gasteiger partial charge in [-0.1, -0.05) is 28.4 Å². The fourth-order valence-corrected chi connectivity index (χ4v) is 2.98. The van der Waals surface area contributed by atoms with Crippen LogP contribution in [0.5, 0.6) is 0 Å². The van der Waals surface area contributed by atoms with Crippen LogP contribution in [0, 0.1) is 13.8 Å². The maximum Gasteiger partial charge on any atom is 0.299 e. The zero-order valence-electron chi connectivity index (χ0n) is 11.3. The predicted molar refractivity (Wildman–Crippen MR) is 80.2 cm³/mol. The van der Waals surface area contributed by atoms with Crippen molar-refractivity contribution in [2.75, 3.05) is 16.8 Å². The van der Waals surface area contributed by atoms with Gasteiger partial charge in [-0.15, -0.1) is 0 Å². The Balaban J connectivity index is 2.23. The van der Waals surface area contributed by atoms with Crippen molar-refractivity contribution in [2.45, 2.75) is 33.1 Å². The standard InChI is InChI=1S/C15H18BrNO2/c1-10-8-11(2)13-12(9-10)14(18)15(19)17(13)7-5-3-4-6-16/h8-9H,3-7H2,1-2H3. The van der Waals surface area contributed by atoms with Crippen molar-refractivity contribution in [2.24, 2.45) is 0 Å². The Labute approximate surface area is 122 Å². The SMILES string of the molecule is Cc1cc(C)c2c(c1)C(=O)C(=O)N2CCCCCBr. The van der Waals surface area contributed by atoms with Gasteiger partial charge in [0.1, 0.15) is 0 Å². The first kappa shape index (κ1) is 14.3. The lowest BCUT2D eigenvalue weighted by atomic mass is 10.0. The lowest BCUT2D eigenvalue weighted by Gasteiger charge is -2.18. The van der Waals surface area contributed by atoms with Gasteiger partial charge in [-0.3, -0.25) is 9.59 Å². The number of unbranched alkanes of at least 4 members (excludes halogenated alkanes) is 2. The predicted octanol–water partition coefficient (Wildman–Crippen LogP) is 3.40. The van der Waals surface area contributed by atoms with Crippen molar-refractivity contribution in [1.29, 1.82) is 0 Å². The summed E-state index contributed by atoms with van der Waals surface area (Å²) in [5.74, 6) is -0.732. The molecule has 1 aromatic carbocycles. The van der Waals surface area contributed by atoms with Crippen LogP contribution in [0.2, 0.25) is 0 Å². The van der Waals surface area contributed by atoms with Gasteiger partial charge in [0.25, 0.3) is 11.7 Å². The van der Waals surface area contributed by atoms with Crippen LogP contribution in [-0.2, 0) is 4.79 Å². The van der Waals surface area contributed by atoms with Crippen LogP contribution in [0.25, 0.3) is 0 Å². The van der Waals surface area contributed by atoms with E-state index in [2.05, 4.69) is 15.9 Å². The number of amides is 1. The quantitative estimate of drug-likeness (QED) is 0.473. The van der Waals surface area contributed by atoms with Crippen molar-refractivity contribution >= 4 is 33.3 Å². The highest BCUT2D eigenvalue weighted by atomic mass is 79.9. The Bertz CT molecular complexity index is 525. The van der Waals surface area contributed by atoms with Crippen LogP contribution in [0.3, 0.4) is 0 Å². The summed E-state index contributed by atoms with van der Waals surface area (Å²) in [6.45, 7) is 4.54. The largest absolute Gasteiger partial charge is 0.304 e. The third kappa shape index (κ3) is 2.73. The highest BCUT2D eigenvalue weighted by Gasteiger charge is 2.36. The van der Waals surface area contributed by atoms with Crippen molar-refractivity contribution < 1.29 is 9.59 Å². The van der Waals surface area contributed by atoms with Crippen LogP contribution < -0.4 is 4.90 Å². The molecule has 0 radical (unpaired) electrons. The summed E-state index contributed by atoms with van der Waals surface area (Å²) in [6.07, 6.45) is 3.08. The first-order valence-corrected chi connectivity index (χ1v) is 7.72. The van der Waals surface area contributed by atoms with E-state index >= 15 is 0 Å². The highest BCUT2D eigenvalue weighted by Crippen LogP contribution is 2.33. The smallest absolute Gasteiger partial charge is 0.299 e. The average molecular weight is 324 g/mol. The van der Waals surface area contributed by atoms with E-state index in [0.29, 0.717) is 12.1 Å². The van der Waals surface area contributed by atoms with Crippen LogP contribution in [-0.4, -0.2) is 23.6 Å². The van der Waals surface area contributed by atoms with Crippen LogP contribution in [0.1, 0.15) is 40.7 Å².